The predicted octanol–water partition coefficient (Wildman–Crippen LogP) is 2.03. The Labute approximate surface area is 140 Å². The summed E-state index contributed by atoms with van der Waals surface area (Å²) in [5.41, 5.74) is 0.393. The summed E-state index contributed by atoms with van der Waals surface area (Å²) in [6.07, 6.45) is 1.53. The molecule has 0 fully saturated rings. The number of nitrogens with zero attached hydrogens (tertiary/aromatic N) is 4. The fraction of sp³-hybridized carbons (Fsp3) is 0.438. The van der Waals surface area contributed by atoms with Crippen molar-refractivity contribution in [2.24, 2.45) is 7.05 Å². The Kier molecular flexibility index (Phi) is 4.04. The van der Waals surface area contributed by atoms with Crippen LogP contribution >= 0.6 is 0 Å². The number of aryl methyl sites for hydroxylation is 1. The first kappa shape index (κ1) is 16.1. The predicted molar refractivity (Wildman–Crippen MR) is 88.1 cm³/mol. The first-order chi connectivity index (χ1) is 11.4. The van der Waals surface area contributed by atoms with Crippen molar-refractivity contribution in [2.45, 2.75) is 26.0 Å². The van der Waals surface area contributed by atoms with Gasteiger partial charge in [0.25, 0.3) is 0 Å². The number of benzene rings is 1. The number of ether oxygens (including phenoxy) is 2. The molecule has 1 aromatic heterocycles. The molecule has 8 nitrogen and oxygen atoms in total. The third-order valence-electron chi connectivity index (χ3n) is 3.81. The van der Waals surface area contributed by atoms with Crippen LogP contribution in [0.5, 0.6) is 11.5 Å². The Bertz CT molecular complexity index is 756. The smallest absolute Gasteiger partial charge is 0.324 e. The Morgan fingerprint density at radius 3 is 2.88 bits per heavy atom. The zero-order valence-corrected chi connectivity index (χ0v) is 14.2. The molecule has 0 aliphatic carbocycles. The number of methoxy groups -OCH3 is 1. The monoisotopic (exact) mass is 331 g/mol. The van der Waals surface area contributed by atoms with Gasteiger partial charge in [-0.2, -0.15) is 0 Å². The van der Waals surface area contributed by atoms with Crippen molar-refractivity contribution < 1.29 is 14.3 Å². The Morgan fingerprint density at radius 1 is 1.42 bits per heavy atom. The second-order valence-corrected chi connectivity index (χ2v) is 6.39. The lowest BCUT2D eigenvalue weighted by Crippen LogP contribution is -2.45. The molecule has 128 valence electrons. The Hall–Kier alpha value is -2.77. The number of hydrogen-bond acceptors (Lipinski definition) is 5. The summed E-state index contributed by atoms with van der Waals surface area (Å²) < 4.78 is 13.0. The number of rotatable bonds is 2. The van der Waals surface area contributed by atoms with Gasteiger partial charge in [-0.05, 0) is 26.0 Å². The number of carbonyl (C=O) groups excluding carboxylic acids is 1. The number of urea groups is 1. The van der Waals surface area contributed by atoms with E-state index in [2.05, 4.69) is 15.5 Å². The molecule has 2 amide bonds. The van der Waals surface area contributed by atoms with Gasteiger partial charge in [0.2, 0.25) is 5.95 Å². The number of nitrogens with one attached hydrogen (secondary N) is 1. The molecule has 0 atom stereocenters. The largest absolute Gasteiger partial charge is 0.497 e. The highest BCUT2D eigenvalue weighted by Gasteiger charge is 2.32. The molecule has 0 spiro atoms. The molecule has 24 heavy (non-hydrogen) atoms. The third kappa shape index (κ3) is 3.27. The van der Waals surface area contributed by atoms with Crippen LogP contribution in [0.2, 0.25) is 0 Å². The second kappa shape index (κ2) is 6.03. The van der Waals surface area contributed by atoms with Gasteiger partial charge in [-0.15, -0.1) is 10.2 Å². The Balaban J connectivity index is 1.86. The minimum absolute atomic E-state index is 0.244. The maximum atomic E-state index is 12.6. The molecule has 0 bridgehead atoms. The van der Waals surface area contributed by atoms with E-state index < -0.39 is 5.60 Å². The zero-order valence-electron chi connectivity index (χ0n) is 14.2. The molecule has 1 aliphatic heterocycles. The van der Waals surface area contributed by atoms with E-state index in [9.17, 15) is 4.79 Å². The van der Waals surface area contributed by atoms with E-state index in [1.165, 1.54) is 6.33 Å². The molecule has 8 heteroatoms. The number of hydrogen-bond donors (Lipinski definition) is 1. The standard InChI is InChI=1S/C16H21N5O3/c1-16(2)9-21(15(22)18-14-19-17-10-20(14)3)8-11-5-6-12(23-4)7-13(11)24-16/h5-7,10H,8-9H2,1-4H3,(H,18,19,22). The van der Waals surface area contributed by atoms with Crippen molar-refractivity contribution >= 4 is 12.0 Å². The highest BCUT2D eigenvalue weighted by molar-refractivity contribution is 5.87. The van der Waals surface area contributed by atoms with Crippen LogP contribution in [0, 0.1) is 0 Å². The van der Waals surface area contributed by atoms with Crippen molar-refractivity contribution in [3.63, 3.8) is 0 Å². The topological polar surface area (TPSA) is 81.5 Å². The van der Waals surface area contributed by atoms with Crippen molar-refractivity contribution in [1.82, 2.24) is 19.7 Å². The molecule has 1 N–H and O–H groups in total. The van der Waals surface area contributed by atoms with Gasteiger partial charge in [0, 0.05) is 18.7 Å². The van der Waals surface area contributed by atoms with Crippen LogP contribution in [0.15, 0.2) is 24.5 Å². The molecular weight excluding hydrogens is 310 g/mol. The summed E-state index contributed by atoms with van der Waals surface area (Å²) in [6.45, 7) is 4.77. The van der Waals surface area contributed by atoms with Crippen LogP contribution in [0.3, 0.4) is 0 Å². The summed E-state index contributed by atoms with van der Waals surface area (Å²) >= 11 is 0. The van der Waals surface area contributed by atoms with Crippen LogP contribution in [-0.4, -0.2) is 45.0 Å². The maximum absolute atomic E-state index is 12.6. The number of amides is 2. The van der Waals surface area contributed by atoms with Crippen molar-refractivity contribution in [3.8, 4) is 11.5 Å². The van der Waals surface area contributed by atoms with Crippen LogP contribution in [0.1, 0.15) is 19.4 Å². The highest BCUT2D eigenvalue weighted by atomic mass is 16.5. The van der Waals surface area contributed by atoms with E-state index in [1.54, 1.807) is 23.6 Å². The minimum Gasteiger partial charge on any atom is -0.497 e. The third-order valence-corrected chi connectivity index (χ3v) is 3.81. The molecule has 0 saturated carbocycles. The van der Waals surface area contributed by atoms with Crippen LogP contribution in [0.25, 0.3) is 0 Å². The van der Waals surface area contributed by atoms with Gasteiger partial charge in [-0.3, -0.25) is 5.32 Å². The maximum Gasteiger partial charge on any atom is 0.324 e. The van der Waals surface area contributed by atoms with E-state index in [-0.39, 0.29) is 6.03 Å². The summed E-state index contributed by atoms with van der Waals surface area (Å²) in [4.78, 5) is 14.3. The number of aromatic nitrogens is 3. The van der Waals surface area contributed by atoms with Gasteiger partial charge in [0.1, 0.15) is 23.4 Å². The first-order valence-corrected chi connectivity index (χ1v) is 7.64. The summed E-state index contributed by atoms with van der Waals surface area (Å²) in [6, 6.07) is 5.38. The fourth-order valence-electron chi connectivity index (χ4n) is 2.65. The summed E-state index contributed by atoms with van der Waals surface area (Å²) in [5.74, 6) is 1.85. The SMILES string of the molecule is COc1ccc2c(c1)OC(C)(C)CN(C(=O)Nc1nncn1C)C2. The van der Waals surface area contributed by atoms with Crippen LogP contribution < -0.4 is 14.8 Å². The van der Waals surface area contributed by atoms with E-state index in [0.29, 0.717) is 19.0 Å². The zero-order chi connectivity index (χ0) is 17.3. The molecule has 0 saturated heterocycles. The number of carbonyl (C=O) groups is 1. The van der Waals surface area contributed by atoms with Gasteiger partial charge in [0.15, 0.2) is 0 Å². The van der Waals surface area contributed by atoms with Crippen molar-refractivity contribution in [1.29, 1.82) is 0 Å². The van der Waals surface area contributed by atoms with Gasteiger partial charge in [-0.25, -0.2) is 4.79 Å². The molecule has 0 radical (unpaired) electrons. The molecule has 1 aliphatic rings. The van der Waals surface area contributed by atoms with Crippen LogP contribution in [-0.2, 0) is 13.6 Å². The van der Waals surface area contributed by atoms with Gasteiger partial charge >= 0.3 is 6.03 Å². The van der Waals surface area contributed by atoms with Gasteiger partial charge in [-0.1, -0.05) is 0 Å². The van der Waals surface area contributed by atoms with Gasteiger partial charge < -0.3 is 18.9 Å². The van der Waals surface area contributed by atoms with Crippen LogP contribution in [0.4, 0.5) is 10.7 Å². The van der Waals surface area contributed by atoms with E-state index in [1.807, 2.05) is 32.0 Å². The van der Waals surface area contributed by atoms with E-state index in [4.69, 9.17) is 9.47 Å². The lowest BCUT2D eigenvalue weighted by Gasteiger charge is -2.29. The average Bonchev–Trinajstić information content (AvgIpc) is 2.86. The lowest BCUT2D eigenvalue weighted by atomic mass is 10.1. The van der Waals surface area contributed by atoms with Crippen molar-refractivity contribution in [3.05, 3.63) is 30.1 Å². The highest BCUT2D eigenvalue weighted by Crippen LogP contribution is 2.32. The normalized spacial score (nSPS) is 15.9. The lowest BCUT2D eigenvalue weighted by molar-refractivity contribution is 0.0832. The average molecular weight is 331 g/mol. The second-order valence-electron chi connectivity index (χ2n) is 6.39. The fourth-order valence-corrected chi connectivity index (χ4v) is 2.65. The summed E-state index contributed by atoms with van der Waals surface area (Å²) in [5, 5.41) is 10.4. The first-order valence-electron chi connectivity index (χ1n) is 7.64. The quantitative estimate of drug-likeness (QED) is 0.910. The van der Waals surface area contributed by atoms with Gasteiger partial charge in [0.05, 0.1) is 20.2 Å². The minimum atomic E-state index is -0.533. The number of anilines is 1. The molecular formula is C16H21N5O3. The summed E-state index contributed by atoms with van der Waals surface area (Å²) in [7, 11) is 3.39. The molecule has 2 aromatic rings. The molecule has 0 unspecified atom stereocenters. The van der Waals surface area contributed by atoms with E-state index >= 15 is 0 Å². The molecule has 3 rings (SSSR count). The van der Waals surface area contributed by atoms with Crippen molar-refractivity contribution in [2.75, 3.05) is 19.0 Å². The molecule has 1 aromatic carbocycles. The Morgan fingerprint density at radius 2 is 2.21 bits per heavy atom. The van der Waals surface area contributed by atoms with E-state index in [0.717, 1.165) is 17.1 Å². The number of fused-ring (bicyclic) bond motifs is 1. The molecule has 2 heterocycles.